The number of fused-ring (bicyclic) bond motifs is 9. The molecule has 0 saturated heterocycles. The van der Waals surface area contributed by atoms with Crippen LogP contribution >= 0.6 is 0 Å². The molecule has 0 saturated carbocycles. The van der Waals surface area contributed by atoms with E-state index in [1.807, 2.05) is 18.2 Å². The van der Waals surface area contributed by atoms with Crippen LogP contribution in [-0.2, 0) is 0 Å². The van der Waals surface area contributed by atoms with Crippen molar-refractivity contribution in [3.63, 3.8) is 0 Å². The van der Waals surface area contributed by atoms with Crippen LogP contribution in [0.4, 0.5) is 0 Å². The summed E-state index contributed by atoms with van der Waals surface area (Å²) in [6, 6.07) is 71.0. The molecule has 0 unspecified atom stereocenters. The molecule has 58 heavy (non-hydrogen) atoms. The van der Waals surface area contributed by atoms with Gasteiger partial charge in [-0.1, -0.05) is 133 Å². The molecule has 0 spiro atoms. The lowest BCUT2D eigenvalue weighted by Crippen LogP contribution is -2.00. The zero-order chi connectivity index (χ0) is 38.2. The summed E-state index contributed by atoms with van der Waals surface area (Å²) in [6.45, 7) is 0. The van der Waals surface area contributed by atoms with Gasteiger partial charge in [0.05, 0.1) is 22.1 Å². The van der Waals surface area contributed by atoms with Gasteiger partial charge < -0.3 is 9.13 Å². The summed E-state index contributed by atoms with van der Waals surface area (Å²) in [5.41, 5.74) is 9.70. The number of aromatic nitrogens is 5. The highest BCUT2D eigenvalue weighted by molar-refractivity contribution is 6.19. The Bertz CT molecular complexity index is 3550. The minimum absolute atomic E-state index is 0.629. The molecule has 0 aliphatic rings. The monoisotopic (exact) mass is 739 g/mol. The Balaban J connectivity index is 1.03. The normalized spacial score (nSPS) is 11.8. The molecular formula is C53H33N5. The zero-order valence-electron chi connectivity index (χ0n) is 31.3. The molecule has 5 heteroatoms. The van der Waals surface area contributed by atoms with E-state index >= 15 is 0 Å². The van der Waals surface area contributed by atoms with Gasteiger partial charge in [-0.2, -0.15) is 0 Å². The summed E-state index contributed by atoms with van der Waals surface area (Å²) in [5.74, 6) is 1.91. The van der Waals surface area contributed by atoms with Crippen molar-refractivity contribution in [2.45, 2.75) is 0 Å². The minimum atomic E-state index is 0.629. The summed E-state index contributed by atoms with van der Waals surface area (Å²) in [4.78, 5) is 15.3. The van der Waals surface area contributed by atoms with Crippen LogP contribution in [0.25, 0.3) is 111 Å². The van der Waals surface area contributed by atoms with E-state index in [0.29, 0.717) is 17.5 Å². The molecule has 12 rings (SSSR count). The van der Waals surface area contributed by atoms with E-state index < -0.39 is 0 Å². The molecular weight excluding hydrogens is 707 g/mol. The van der Waals surface area contributed by atoms with Gasteiger partial charge in [-0.3, -0.25) is 0 Å². The Morgan fingerprint density at radius 1 is 0.259 bits per heavy atom. The van der Waals surface area contributed by atoms with E-state index in [0.717, 1.165) is 39.1 Å². The SMILES string of the molecule is c1ccc(-c2nc(-c3ccc(-n4c5ccccc5c5cc6c7ccccc7n(-c7ccccc7)c6cc54)cc3)nc(-c3ccc4ccc5ccccc5c4c3)n2)cc1. The average molecular weight is 740 g/mol. The van der Waals surface area contributed by atoms with Gasteiger partial charge in [0.15, 0.2) is 17.5 Å². The van der Waals surface area contributed by atoms with Crippen LogP contribution in [-0.4, -0.2) is 24.1 Å². The van der Waals surface area contributed by atoms with Crippen molar-refractivity contribution < 1.29 is 0 Å². The number of para-hydroxylation sites is 3. The van der Waals surface area contributed by atoms with Gasteiger partial charge in [-0.15, -0.1) is 0 Å². The summed E-state index contributed by atoms with van der Waals surface area (Å²) in [6.07, 6.45) is 0. The van der Waals surface area contributed by atoms with Crippen molar-refractivity contribution in [1.29, 1.82) is 0 Å². The molecule has 0 aliphatic heterocycles. The first-order valence-corrected chi connectivity index (χ1v) is 19.6. The van der Waals surface area contributed by atoms with Crippen LogP contribution in [0.3, 0.4) is 0 Å². The van der Waals surface area contributed by atoms with Crippen molar-refractivity contribution in [3.8, 4) is 45.5 Å². The lowest BCUT2D eigenvalue weighted by molar-refractivity contribution is 1.07. The Kier molecular flexibility index (Phi) is 7.16. The van der Waals surface area contributed by atoms with Crippen LogP contribution in [0.1, 0.15) is 0 Å². The molecule has 0 atom stereocenters. The molecule has 0 N–H and O–H groups in total. The molecule has 0 fully saturated rings. The predicted octanol–water partition coefficient (Wildman–Crippen LogP) is 13.4. The predicted molar refractivity (Wildman–Crippen MR) is 240 cm³/mol. The maximum atomic E-state index is 5.14. The third kappa shape index (κ3) is 5.07. The van der Waals surface area contributed by atoms with Crippen LogP contribution in [0, 0.1) is 0 Å². The van der Waals surface area contributed by atoms with E-state index in [1.165, 1.54) is 54.1 Å². The molecule has 0 radical (unpaired) electrons. The van der Waals surface area contributed by atoms with Crippen LogP contribution in [0.2, 0.25) is 0 Å². The number of benzene rings is 9. The fourth-order valence-electron chi connectivity index (χ4n) is 8.82. The van der Waals surface area contributed by atoms with Gasteiger partial charge >= 0.3 is 0 Å². The minimum Gasteiger partial charge on any atom is -0.309 e. The van der Waals surface area contributed by atoms with Crippen molar-refractivity contribution >= 4 is 65.2 Å². The number of rotatable bonds is 5. The maximum absolute atomic E-state index is 5.14. The molecule has 9 aromatic carbocycles. The summed E-state index contributed by atoms with van der Waals surface area (Å²) in [7, 11) is 0. The van der Waals surface area contributed by atoms with Crippen molar-refractivity contribution in [2.75, 3.05) is 0 Å². The first-order chi connectivity index (χ1) is 28.7. The summed E-state index contributed by atoms with van der Waals surface area (Å²) >= 11 is 0. The highest BCUT2D eigenvalue weighted by atomic mass is 15.0. The summed E-state index contributed by atoms with van der Waals surface area (Å²) in [5, 5.41) is 9.71. The standard InChI is InChI=1S/C53H33N5/c1-3-14-36(15-4-1)51-54-52(56-53(55-51)38-26-25-35-24-23-34-13-7-8-18-41(34)44(35)31-38)37-27-29-40(30-28-37)58-48-22-12-10-20-43(48)46-32-45-42-19-9-11-21-47(42)57(49(45)33-50(46)58)39-16-5-2-6-17-39/h1-33H. The largest absolute Gasteiger partial charge is 0.309 e. The van der Waals surface area contributed by atoms with Gasteiger partial charge in [0.25, 0.3) is 0 Å². The van der Waals surface area contributed by atoms with Gasteiger partial charge in [0.1, 0.15) is 0 Å². The lowest BCUT2D eigenvalue weighted by Gasteiger charge is -2.12. The second-order valence-corrected chi connectivity index (χ2v) is 14.9. The number of nitrogens with zero attached hydrogens (tertiary/aromatic N) is 5. The topological polar surface area (TPSA) is 48.5 Å². The second-order valence-electron chi connectivity index (χ2n) is 14.9. The summed E-state index contributed by atoms with van der Waals surface area (Å²) < 4.78 is 4.77. The highest BCUT2D eigenvalue weighted by Gasteiger charge is 2.19. The molecule has 0 bridgehead atoms. The van der Waals surface area contributed by atoms with E-state index in [2.05, 4.69) is 191 Å². The Morgan fingerprint density at radius 2 is 0.707 bits per heavy atom. The molecule has 5 nitrogen and oxygen atoms in total. The average Bonchev–Trinajstić information content (AvgIpc) is 3.80. The fraction of sp³-hybridized carbons (Fsp3) is 0. The van der Waals surface area contributed by atoms with Crippen molar-refractivity contribution in [2.24, 2.45) is 0 Å². The Labute approximate surface area is 333 Å². The molecule has 12 aromatic rings. The fourth-order valence-corrected chi connectivity index (χ4v) is 8.82. The Hall–Kier alpha value is -7.89. The second kappa shape index (κ2) is 12.8. The molecule has 0 aliphatic carbocycles. The maximum Gasteiger partial charge on any atom is 0.164 e. The highest BCUT2D eigenvalue weighted by Crippen LogP contribution is 2.40. The van der Waals surface area contributed by atoms with Gasteiger partial charge in [-0.05, 0) is 88.3 Å². The molecule has 0 amide bonds. The van der Waals surface area contributed by atoms with Crippen LogP contribution in [0.15, 0.2) is 200 Å². The molecule has 3 aromatic heterocycles. The van der Waals surface area contributed by atoms with Crippen LogP contribution < -0.4 is 0 Å². The van der Waals surface area contributed by atoms with Crippen molar-refractivity contribution in [1.82, 2.24) is 24.1 Å². The zero-order valence-corrected chi connectivity index (χ0v) is 31.3. The number of hydrogen-bond donors (Lipinski definition) is 0. The van der Waals surface area contributed by atoms with E-state index in [9.17, 15) is 0 Å². The van der Waals surface area contributed by atoms with E-state index in [1.54, 1.807) is 0 Å². The van der Waals surface area contributed by atoms with Crippen molar-refractivity contribution in [3.05, 3.63) is 200 Å². The molecule has 3 heterocycles. The van der Waals surface area contributed by atoms with Crippen LogP contribution in [0.5, 0.6) is 0 Å². The third-order valence-corrected chi connectivity index (χ3v) is 11.5. The quantitative estimate of drug-likeness (QED) is 0.165. The van der Waals surface area contributed by atoms with E-state index in [-0.39, 0.29) is 0 Å². The van der Waals surface area contributed by atoms with Gasteiger partial charge in [-0.25, -0.2) is 15.0 Å². The van der Waals surface area contributed by atoms with Gasteiger partial charge in [0.2, 0.25) is 0 Å². The first kappa shape index (κ1) is 32.4. The van der Waals surface area contributed by atoms with Gasteiger partial charge in [0, 0.05) is 49.6 Å². The number of hydrogen-bond acceptors (Lipinski definition) is 3. The lowest BCUT2D eigenvalue weighted by atomic mass is 10.00. The molecule has 270 valence electrons. The first-order valence-electron chi connectivity index (χ1n) is 19.6. The smallest absolute Gasteiger partial charge is 0.164 e. The third-order valence-electron chi connectivity index (χ3n) is 11.5. The van der Waals surface area contributed by atoms with E-state index in [4.69, 9.17) is 15.0 Å². The Morgan fingerprint density at radius 3 is 1.34 bits per heavy atom.